The first kappa shape index (κ1) is 67.4. The minimum Gasteiger partial charge on any atom is -0.815 e. The Bertz CT molecular complexity index is 1300. The van der Waals surface area contributed by atoms with Crippen molar-refractivity contribution in [2.24, 2.45) is 0 Å². The molecule has 0 aliphatic rings. The Morgan fingerprint density at radius 1 is 0.361 bits per heavy atom. The molecule has 2 aromatic carbocycles. The molecule has 0 heterocycles. The molecule has 0 amide bonds. The van der Waals surface area contributed by atoms with Crippen LogP contribution >= 0.6 is 11.4 Å². The molecule has 2 aromatic rings. The van der Waals surface area contributed by atoms with E-state index in [0.29, 0.717) is 0 Å². The minimum absolute atomic E-state index is 0. The summed E-state index contributed by atoms with van der Waals surface area (Å²) < 4.78 is 0. The Labute approximate surface area is 433 Å². The van der Waals surface area contributed by atoms with Crippen molar-refractivity contribution in [3.05, 3.63) is 58.7 Å². The van der Waals surface area contributed by atoms with Crippen LogP contribution in [0.1, 0.15) is 230 Å². The molecule has 336 valence electrons. The normalized spacial score (nSPS) is 11.2. The van der Waals surface area contributed by atoms with Gasteiger partial charge in [-0.3, -0.25) is 0 Å². The molecule has 0 spiro atoms. The molecule has 2 rings (SSSR count). The smallest absolute Gasteiger partial charge is 0.815 e. The van der Waals surface area contributed by atoms with Crippen LogP contribution in [0.5, 0.6) is 0 Å². The summed E-state index contributed by atoms with van der Waals surface area (Å²) in [5.41, 5.74) is -2.45. The van der Waals surface area contributed by atoms with Gasteiger partial charge in [-0.1, -0.05) is 206 Å². The van der Waals surface area contributed by atoms with Gasteiger partial charge >= 0.3 is 58.4 Å². The Balaban J connectivity index is -0.00000105. The molecule has 0 aliphatic carbocycles. The summed E-state index contributed by atoms with van der Waals surface area (Å²) >= 11 is 9.37. The largest absolute Gasteiger partial charge is 2.00 e. The summed E-state index contributed by atoms with van der Waals surface area (Å²) in [7, 11) is 1.77. The van der Waals surface area contributed by atoms with E-state index in [4.69, 9.17) is 0 Å². The Morgan fingerprint density at radius 3 is 0.836 bits per heavy atom. The van der Waals surface area contributed by atoms with Gasteiger partial charge in [-0.25, -0.2) is 0 Å². The molecular formula is C48H82O4P2S4Zn3+2. The van der Waals surface area contributed by atoms with E-state index in [2.05, 4.69) is 64.3 Å². The third-order valence-corrected chi connectivity index (χ3v) is 16.5. The second-order valence-corrected chi connectivity index (χ2v) is 27.6. The van der Waals surface area contributed by atoms with Crippen LogP contribution in [0.15, 0.2) is 46.2 Å². The maximum absolute atomic E-state index is 11.7. The molecule has 0 bridgehead atoms. The van der Waals surface area contributed by atoms with E-state index < -0.39 is 11.4 Å². The number of unbranched alkanes of at least 4 members (excludes halogenated alkanes) is 24. The van der Waals surface area contributed by atoms with Crippen molar-refractivity contribution in [2.75, 3.05) is 0 Å². The van der Waals surface area contributed by atoms with E-state index >= 15 is 0 Å². The van der Waals surface area contributed by atoms with Gasteiger partial charge in [0.25, 0.3) is 0 Å². The molecule has 0 saturated carbocycles. The first-order valence-electron chi connectivity index (χ1n) is 23.6. The number of hydrogen-bond acceptors (Lipinski definition) is 6. The third kappa shape index (κ3) is 38.8. The summed E-state index contributed by atoms with van der Waals surface area (Å²) in [6.07, 6.45) is 40.0. The predicted octanol–water partition coefficient (Wildman–Crippen LogP) is 13.3. The number of benzene rings is 2. The Morgan fingerprint density at radius 2 is 0.590 bits per heavy atom. The van der Waals surface area contributed by atoms with Crippen molar-refractivity contribution in [3.63, 3.8) is 0 Å². The molecule has 0 saturated heterocycles. The molecular weight excluding hydrogens is 1030 g/mol. The fourth-order valence-electron chi connectivity index (χ4n) is 7.73. The van der Waals surface area contributed by atoms with E-state index in [1.54, 1.807) is 0 Å². The van der Waals surface area contributed by atoms with E-state index in [1.807, 2.05) is 24.3 Å². The fourth-order valence-corrected chi connectivity index (χ4v) is 13.1. The SMILES string of the molecule is CCCCCCCCCc1cccc([S+]=P([O-])([O-])[S-])c1CCCCCCCCC.CCCCCCCCCc1cccc([S+]=P([O-])([O-])[S-])c1CCCCCCCCC.[Zn+2].[Zn+2].[Zn+2]. The summed E-state index contributed by atoms with van der Waals surface area (Å²) in [6.45, 7) is 8.99. The van der Waals surface area contributed by atoms with Crippen LogP contribution in [-0.2, 0) is 130 Å². The summed E-state index contributed by atoms with van der Waals surface area (Å²) in [5.74, 6) is 0. The second kappa shape index (κ2) is 44.6. The van der Waals surface area contributed by atoms with Crippen molar-refractivity contribution in [1.29, 1.82) is 0 Å². The van der Waals surface area contributed by atoms with Crippen LogP contribution in [0.2, 0.25) is 0 Å². The third-order valence-electron chi connectivity index (χ3n) is 11.0. The number of rotatable bonds is 34. The maximum atomic E-state index is 11.7. The van der Waals surface area contributed by atoms with Gasteiger partial charge in [0.15, 0.2) is 0 Å². The molecule has 0 N–H and O–H groups in total. The summed E-state index contributed by atoms with van der Waals surface area (Å²) in [6, 6.07) is 12.3. The first-order valence-corrected chi connectivity index (χ1v) is 31.7. The van der Waals surface area contributed by atoms with Crippen LogP contribution in [0.25, 0.3) is 0 Å². The molecule has 0 atom stereocenters. The van der Waals surface area contributed by atoms with Crippen molar-refractivity contribution < 1.29 is 78.0 Å². The molecule has 4 nitrogen and oxygen atoms in total. The zero-order chi connectivity index (χ0) is 42.7. The maximum Gasteiger partial charge on any atom is 2.00 e. The van der Waals surface area contributed by atoms with Gasteiger partial charge in [-0.2, -0.15) is 0 Å². The van der Waals surface area contributed by atoms with Crippen LogP contribution < -0.4 is 19.6 Å². The summed E-state index contributed by atoms with van der Waals surface area (Å²) in [4.78, 5) is 48.7. The molecule has 61 heavy (non-hydrogen) atoms. The van der Waals surface area contributed by atoms with Gasteiger partial charge in [0.05, 0.1) is 0 Å². The second-order valence-electron chi connectivity index (χ2n) is 16.3. The average Bonchev–Trinajstić information content (AvgIpc) is 3.17. The van der Waals surface area contributed by atoms with Crippen LogP contribution in [0, 0.1) is 0 Å². The van der Waals surface area contributed by atoms with Crippen molar-refractivity contribution >= 4 is 57.8 Å². The zero-order valence-electron chi connectivity index (χ0n) is 39.4. The summed E-state index contributed by atoms with van der Waals surface area (Å²) in [5, 5.41) is 0. The predicted molar refractivity (Wildman–Crippen MR) is 260 cm³/mol. The van der Waals surface area contributed by atoms with Crippen LogP contribution in [0.4, 0.5) is 0 Å². The van der Waals surface area contributed by atoms with E-state index in [0.717, 1.165) is 70.2 Å². The minimum atomic E-state index is -3.79. The topological polar surface area (TPSA) is 92.2 Å². The van der Waals surface area contributed by atoms with Gasteiger partial charge in [-0.15, -0.1) is 11.4 Å². The number of hydrogen-bond donors (Lipinski definition) is 0. The van der Waals surface area contributed by atoms with Crippen molar-refractivity contribution in [2.45, 2.75) is 243 Å². The van der Waals surface area contributed by atoms with Crippen LogP contribution in [0.3, 0.4) is 0 Å². The van der Waals surface area contributed by atoms with E-state index in [-0.39, 0.29) is 58.4 Å². The van der Waals surface area contributed by atoms with Crippen LogP contribution in [-0.4, -0.2) is 0 Å². The van der Waals surface area contributed by atoms with Gasteiger partial charge in [0.2, 0.25) is 9.79 Å². The van der Waals surface area contributed by atoms with Gasteiger partial charge in [0, 0.05) is 23.3 Å². The molecule has 0 aromatic heterocycles. The molecule has 13 heteroatoms. The van der Waals surface area contributed by atoms with Gasteiger partial charge < -0.3 is 44.1 Å². The van der Waals surface area contributed by atoms with E-state index in [9.17, 15) is 19.6 Å². The van der Waals surface area contributed by atoms with Crippen molar-refractivity contribution in [3.8, 4) is 0 Å². The molecule has 0 radical (unpaired) electrons. The molecule has 0 aliphatic heterocycles. The van der Waals surface area contributed by atoms with Gasteiger partial charge in [0.1, 0.15) is 21.9 Å². The molecule has 0 unspecified atom stereocenters. The zero-order valence-corrected chi connectivity index (χ0v) is 53.3. The Hall–Kier alpha value is 2.15. The average molecular weight is 1110 g/mol. The monoisotopic (exact) mass is 1100 g/mol. The fraction of sp³-hybridized carbons (Fsp3) is 0.750. The standard InChI is InChI=1S/2C24H41O2PS2.3Zn/c2*1-3-5-7-9-11-13-15-18-22-19-17-21-24(29-27(25,26)28)23(22)20-16-14-12-10-8-6-4-2;;;/h2*17,19,21H,3-16,18,20H2,1-2H3;;;/q2*-2;3*+2. The molecule has 0 fully saturated rings. The van der Waals surface area contributed by atoms with Gasteiger partial charge in [-0.05, 0) is 62.5 Å². The quantitative estimate of drug-likeness (QED) is 0.0228. The Kier molecular flexibility index (Phi) is 49.3. The van der Waals surface area contributed by atoms with E-state index in [1.165, 1.54) is 189 Å². The number of aryl methyl sites for hydroxylation is 2. The van der Waals surface area contributed by atoms with Crippen molar-refractivity contribution in [1.82, 2.24) is 0 Å². The first-order chi connectivity index (χ1) is 28.0.